The van der Waals surface area contributed by atoms with E-state index in [0.717, 1.165) is 0 Å². The highest BCUT2D eigenvalue weighted by Gasteiger charge is 2.30. The summed E-state index contributed by atoms with van der Waals surface area (Å²) in [6, 6.07) is 18.5. The van der Waals surface area contributed by atoms with E-state index in [0.29, 0.717) is 54.1 Å². The maximum Gasteiger partial charge on any atom is 0.238 e. The van der Waals surface area contributed by atoms with E-state index in [1.165, 1.54) is 12.1 Å². The minimum atomic E-state index is -4.09. The molecule has 0 spiro atoms. The van der Waals surface area contributed by atoms with Crippen LogP contribution >= 0.6 is 0 Å². The predicted octanol–water partition coefficient (Wildman–Crippen LogP) is 5.10. The van der Waals surface area contributed by atoms with Gasteiger partial charge in [-0.25, -0.2) is 8.42 Å². The van der Waals surface area contributed by atoms with Gasteiger partial charge < -0.3 is 28.7 Å². The van der Waals surface area contributed by atoms with Crippen LogP contribution in [0.4, 0.5) is 11.6 Å². The molecule has 3 aromatic carbocycles. The van der Waals surface area contributed by atoms with E-state index in [9.17, 15) is 8.42 Å². The van der Waals surface area contributed by atoms with Gasteiger partial charge in [0.25, 0.3) is 0 Å². The van der Waals surface area contributed by atoms with E-state index in [1.54, 1.807) is 61.7 Å². The van der Waals surface area contributed by atoms with Crippen LogP contribution in [0.3, 0.4) is 0 Å². The largest absolute Gasteiger partial charge is 0.497 e. The molecule has 0 unspecified atom stereocenters. The third-order valence-electron chi connectivity index (χ3n) is 5.43. The van der Waals surface area contributed by atoms with Gasteiger partial charge in [-0.15, -0.1) is 0 Å². The van der Waals surface area contributed by atoms with Crippen molar-refractivity contribution in [2.45, 2.75) is 16.8 Å². The van der Waals surface area contributed by atoms with Crippen LogP contribution in [0.25, 0.3) is 11.5 Å². The number of methoxy groups -OCH3 is 1. The second-order valence-electron chi connectivity index (χ2n) is 7.77. The summed E-state index contributed by atoms with van der Waals surface area (Å²) >= 11 is 0. The first-order valence-corrected chi connectivity index (χ1v) is 12.8. The van der Waals surface area contributed by atoms with E-state index in [2.05, 4.69) is 10.3 Å². The van der Waals surface area contributed by atoms with Crippen molar-refractivity contribution in [2.24, 2.45) is 0 Å². The fraction of sp³-hybridized carbons (Fsp3) is 0.192. The summed E-state index contributed by atoms with van der Waals surface area (Å²) < 4.78 is 55.2. The van der Waals surface area contributed by atoms with Gasteiger partial charge in [-0.3, -0.25) is 0 Å². The Morgan fingerprint density at radius 2 is 1.61 bits per heavy atom. The Kier molecular flexibility index (Phi) is 6.43. The highest BCUT2D eigenvalue weighted by molar-refractivity contribution is 7.91. The number of nitrogens with one attached hydrogen (secondary N) is 1. The number of hydrogen-bond donors (Lipinski definition) is 1. The highest BCUT2D eigenvalue weighted by atomic mass is 32.2. The van der Waals surface area contributed by atoms with Crippen molar-refractivity contribution >= 4 is 21.4 Å². The van der Waals surface area contributed by atoms with E-state index in [-0.39, 0.29) is 21.7 Å². The zero-order valence-corrected chi connectivity index (χ0v) is 20.5. The number of hydrogen-bond acceptors (Lipinski definition) is 9. The number of fused-ring (bicyclic) bond motifs is 1. The molecular weight excluding hydrogens is 484 g/mol. The molecule has 10 heteroatoms. The molecule has 2 heterocycles. The number of ether oxygens (including phenoxy) is 4. The van der Waals surface area contributed by atoms with Gasteiger partial charge in [0.15, 0.2) is 11.5 Å². The van der Waals surface area contributed by atoms with Crippen molar-refractivity contribution < 1.29 is 31.8 Å². The van der Waals surface area contributed by atoms with Crippen LogP contribution in [0.5, 0.6) is 23.0 Å². The first kappa shape index (κ1) is 23.6. The summed E-state index contributed by atoms with van der Waals surface area (Å²) in [6.45, 7) is 3.18. The molecule has 36 heavy (non-hydrogen) atoms. The molecule has 0 aliphatic carbocycles. The van der Waals surface area contributed by atoms with Gasteiger partial charge in [-0.1, -0.05) is 0 Å². The van der Waals surface area contributed by atoms with E-state index >= 15 is 0 Å². The van der Waals surface area contributed by atoms with Crippen molar-refractivity contribution in [2.75, 3.05) is 32.2 Å². The van der Waals surface area contributed by atoms with Gasteiger partial charge in [-0.05, 0) is 67.6 Å². The lowest BCUT2D eigenvalue weighted by Crippen LogP contribution is -2.16. The lowest BCUT2D eigenvalue weighted by molar-refractivity contribution is 0.171. The average Bonchev–Trinajstić information content (AvgIpc) is 3.34. The van der Waals surface area contributed by atoms with E-state index in [4.69, 9.17) is 23.4 Å². The second kappa shape index (κ2) is 9.82. The summed E-state index contributed by atoms with van der Waals surface area (Å²) in [5.74, 6) is 2.34. The molecule has 0 amide bonds. The summed E-state index contributed by atoms with van der Waals surface area (Å²) in [5.41, 5.74) is 1.20. The molecule has 4 aromatic rings. The third kappa shape index (κ3) is 4.67. The number of oxazole rings is 1. The molecule has 1 aliphatic rings. The average molecular weight is 509 g/mol. The smallest absolute Gasteiger partial charge is 0.238 e. The Balaban J connectivity index is 1.56. The van der Waals surface area contributed by atoms with E-state index in [1.807, 2.05) is 6.92 Å². The number of aromatic nitrogens is 1. The van der Waals surface area contributed by atoms with Crippen LogP contribution < -0.4 is 24.3 Å². The van der Waals surface area contributed by atoms with Gasteiger partial charge in [0.05, 0.1) is 18.6 Å². The first-order valence-electron chi connectivity index (χ1n) is 11.3. The van der Waals surface area contributed by atoms with Crippen molar-refractivity contribution in [3.63, 3.8) is 0 Å². The number of benzene rings is 3. The molecule has 0 atom stereocenters. The Bertz CT molecular complexity index is 1460. The molecule has 0 saturated heterocycles. The molecule has 1 N–H and O–H groups in total. The molecular formula is C26H24N2O7S. The van der Waals surface area contributed by atoms with Crippen LogP contribution in [0.2, 0.25) is 0 Å². The molecule has 0 fully saturated rings. The van der Waals surface area contributed by atoms with Crippen LogP contribution in [-0.4, -0.2) is 40.3 Å². The van der Waals surface area contributed by atoms with Crippen molar-refractivity contribution in [3.8, 4) is 34.5 Å². The number of sulfone groups is 1. The van der Waals surface area contributed by atoms with Crippen LogP contribution in [-0.2, 0) is 9.84 Å². The molecule has 0 saturated carbocycles. The Hall–Kier alpha value is -4.18. The molecule has 1 aromatic heterocycles. The molecule has 0 bridgehead atoms. The molecule has 0 radical (unpaired) electrons. The van der Waals surface area contributed by atoms with Crippen LogP contribution in [0.1, 0.15) is 6.92 Å². The minimum Gasteiger partial charge on any atom is -0.497 e. The zero-order valence-electron chi connectivity index (χ0n) is 19.7. The van der Waals surface area contributed by atoms with Gasteiger partial charge in [0, 0.05) is 17.3 Å². The maximum absolute atomic E-state index is 13.7. The standard InChI is InChI=1S/C26H24N2O7S/c1-3-32-20-8-4-17(5-9-20)24-28-26(25(35-24)27-18-6-10-19(31-2)11-7-18)36(29,30)21-12-13-22-23(16-21)34-15-14-33-22/h4-13,16,27H,3,14-15H2,1-2H3. The fourth-order valence-electron chi connectivity index (χ4n) is 3.66. The van der Waals surface area contributed by atoms with Gasteiger partial charge in [-0.2, -0.15) is 4.98 Å². The summed E-state index contributed by atoms with van der Waals surface area (Å²) in [7, 11) is -2.52. The van der Waals surface area contributed by atoms with Crippen LogP contribution in [0.15, 0.2) is 81.1 Å². The third-order valence-corrected chi connectivity index (χ3v) is 7.10. The summed E-state index contributed by atoms with van der Waals surface area (Å²) in [4.78, 5) is 4.40. The van der Waals surface area contributed by atoms with Gasteiger partial charge >= 0.3 is 0 Å². The number of anilines is 2. The predicted molar refractivity (Wildman–Crippen MR) is 132 cm³/mol. The SMILES string of the molecule is CCOc1ccc(-c2nc(S(=O)(=O)c3ccc4c(c3)OCCO4)c(Nc3ccc(OC)cc3)o2)cc1. The first-order chi connectivity index (χ1) is 17.5. The molecule has 9 nitrogen and oxygen atoms in total. The number of nitrogens with zero attached hydrogens (tertiary/aromatic N) is 1. The summed E-state index contributed by atoms with van der Waals surface area (Å²) in [5, 5.41) is 2.79. The Morgan fingerprint density at radius 1 is 0.917 bits per heavy atom. The highest BCUT2D eigenvalue weighted by Crippen LogP contribution is 2.38. The number of rotatable bonds is 8. The van der Waals surface area contributed by atoms with Crippen molar-refractivity contribution in [3.05, 3.63) is 66.7 Å². The Morgan fingerprint density at radius 3 is 2.31 bits per heavy atom. The quantitative estimate of drug-likeness (QED) is 0.348. The fourth-order valence-corrected chi connectivity index (χ4v) is 4.93. The van der Waals surface area contributed by atoms with Gasteiger partial charge in [0.2, 0.25) is 26.6 Å². The topological polar surface area (TPSA) is 109 Å². The molecule has 186 valence electrons. The second-order valence-corrected chi connectivity index (χ2v) is 9.64. The monoisotopic (exact) mass is 508 g/mol. The van der Waals surface area contributed by atoms with Crippen LogP contribution in [0, 0.1) is 0 Å². The summed E-state index contributed by atoms with van der Waals surface area (Å²) in [6.07, 6.45) is 0. The normalized spacial score (nSPS) is 12.7. The minimum absolute atomic E-state index is 0.0103. The molecule has 5 rings (SSSR count). The Labute approximate surface area is 208 Å². The van der Waals surface area contributed by atoms with Crippen molar-refractivity contribution in [1.29, 1.82) is 0 Å². The lowest BCUT2D eigenvalue weighted by Gasteiger charge is -2.18. The van der Waals surface area contributed by atoms with E-state index < -0.39 is 9.84 Å². The lowest BCUT2D eigenvalue weighted by atomic mass is 10.2. The van der Waals surface area contributed by atoms with Gasteiger partial charge in [0.1, 0.15) is 24.7 Å². The van der Waals surface area contributed by atoms with Crippen molar-refractivity contribution in [1.82, 2.24) is 4.98 Å². The zero-order chi connectivity index (χ0) is 25.1. The molecule has 1 aliphatic heterocycles. The maximum atomic E-state index is 13.7.